The summed E-state index contributed by atoms with van der Waals surface area (Å²) in [6, 6.07) is 13.4. The number of hydrogen-bond acceptors (Lipinski definition) is 6. The monoisotopic (exact) mass is 543 g/mol. The summed E-state index contributed by atoms with van der Waals surface area (Å²) >= 11 is 0. The number of benzene rings is 2. The van der Waals surface area contributed by atoms with Crippen molar-refractivity contribution in [2.75, 3.05) is 20.7 Å². The van der Waals surface area contributed by atoms with E-state index >= 15 is 0 Å². The summed E-state index contributed by atoms with van der Waals surface area (Å²) in [4.78, 5) is 15.7. The first-order valence-electron chi connectivity index (χ1n) is 14.9. The van der Waals surface area contributed by atoms with Crippen LogP contribution >= 0.6 is 0 Å². The van der Waals surface area contributed by atoms with Crippen molar-refractivity contribution in [3.63, 3.8) is 0 Å². The maximum absolute atomic E-state index is 13.2. The zero-order valence-electron chi connectivity index (χ0n) is 24.3. The molecule has 4 bridgehead atoms. The van der Waals surface area contributed by atoms with Crippen molar-refractivity contribution in [3.05, 3.63) is 71.3 Å². The van der Waals surface area contributed by atoms with Gasteiger partial charge in [0.15, 0.2) is 11.5 Å². The number of esters is 1. The topological polar surface area (TPSA) is 68.2 Å². The van der Waals surface area contributed by atoms with Crippen LogP contribution in [0.1, 0.15) is 67.9 Å². The Morgan fingerprint density at radius 2 is 1.98 bits per heavy atom. The van der Waals surface area contributed by atoms with Gasteiger partial charge in [0, 0.05) is 30.0 Å². The van der Waals surface area contributed by atoms with Crippen molar-refractivity contribution in [1.82, 2.24) is 4.90 Å². The van der Waals surface area contributed by atoms with Crippen LogP contribution in [0.25, 0.3) is 0 Å². The second-order valence-corrected chi connectivity index (χ2v) is 13.6. The number of nitrogens with zero attached hydrogens (tertiary/aromatic N) is 1. The second-order valence-electron chi connectivity index (χ2n) is 13.6. The number of carbonyl (C=O) groups is 1. The zero-order valence-corrected chi connectivity index (χ0v) is 24.3. The number of likely N-dealkylation sites (N-methyl/N-ethyl adjacent to an activating group) is 1. The second kappa shape index (κ2) is 8.67. The molecule has 6 aliphatic rings. The molecule has 0 aromatic heterocycles. The van der Waals surface area contributed by atoms with Crippen LogP contribution in [-0.4, -0.2) is 60.0 Å². The molecule has 4 aliphatic carbocycles. The van der Waals surface area contributed by atoms with E-state index in [4.69, 9.17) is 14.2 Å². The van der Waals surface area contributed by atoms with Gasteiger partial charge in [-0.3, -0.25) is 0 Å². The molecule has 2 aliphatic heterocycles. The number of carbonyl (C=O) groups excluding carboxylic acids is 1. The molecule has 1 saturated heterocycles. The molecule has 40 heavy (non-hydrogen) atoms. The van der Waals surface area contributed by atoms with Gasteiger partial charge in [-0.25, -0.2) is 4.79 Å². The van der Waals surface area contributed by atoms with Gasteiger partial charge in [0.25, 0.3) is 0 Å². The lowest BCUT2D eigenvalue weighted by atomic mass is 9.36. The van der Waals surface area contributed by atoms with Gasteiger partial charge < -0.3 is 24.2 Å². The van der Waals surface area contributed by atoms with Crippen molar-refractivity contribution in [2.45, 2.75) is 81.6 Å². The third-order valence-corrected chi connectivity index (χ3v) is 11.2. The van der Waals surface area contributed by atoms with Gasteiger partial charge in [0.05, 0.1) is 16.6 Å². The Balaban J connectivity index is 1.39. The van der Waals surface area contributed by atoms with E-state index in [1.165, 1.54) is 11.1 Å². The Kier molecular flexibility index (Phi) is 5.69. The molecule has 2 heterocycles. The minimum atomic E-state index is -0.923. The van der Waals surface area contributed by atoms with Gasteiger partial charge in [-0.15, -0.1) is 0 Å². The summed E-state index contributed by atoms with van der Waals surface area (Å²) in [5.41, 5.74) is 0.744. The number of likely N-dealkylation sites (tertiary alicyclic amines) is 1. The Labute approximate surface area is 237 Å². The van der Waals surface area contributed by atoms with Gasteiger partial charge in [-0.05, 0) is 82.3 Å². The maximum Gasteiger partial charge on any atom is 0.343 e. The van der Waals surface area contributed by atoms with E-state index in [1.54, 1.807) is 19.2 Å². The standard InChI is InChI=1S/C34H41NO5/c1-21(2)13-14-31(3,37)25-20-32-15-16-34(25,38-5)30-33(32)17-18-35(4)26(32)19-23-11-12-24(28(40-30)27(23)33)39-29(36)22-9-7-6-8-10-22/h6-12,15-16,21,25-26,30,37H,13-14,17-20H2,1-5H3/t25-,26-,30-,31-,32?,33+,34+/m1/s1. The number of rotatable bonds is 7. The fourth-order valence-corrected chi connectivity index (χ4v) is 9.32. The highest BCUT2D eigenvalue weighted by atomic mass is 16.6. The largest absolute Gasteiger partial charge is 0.482 e. The van der Waals surface area contributed by atoms with E-state index in [1.807, 2.05) is 31.2 Å². The summed E-state index contributed by atoms with van der Waals surface area (Å²) in [5.74, 6) is 1.13. The SMILES string of the molecule is CO[C@@]12C=CC3(C[C@@H]1[C@](C)(O)CCC(C)C)[C@H]1Cc4ccc(OC(=O)c5ccccc5)c5c4[C@@]3(CCN1C)[C@H]2O5. The van der Waals surface area contributed by atoms with E-state index in [0.29, 0.717) is 35.4 Å². The number of hydrogen-bond donors (Lipinski definition) is 1. The van der Waals surface area contributed by atoms with Crippen LogP contribution in [0.15, 0.2) is 54.6 Å². The van der Waals surface area contributed by atoms with E-state index in [9.17, 15) is 9.90 Å². The lowest BCUT2D eigenvalue weighted by Crippen LogP contribution is -2.80. The first-order valence-corrected chi connectivity index (χ1v) is 14.9. The molecule has 212 valence electrons. The zero-order chi connectivity index (χ0) is 28.1. The van der Waals surface area contributed by atoms with E-state index in [0.717, 1.165) is 32.2 Å². The predicted molar refractivity (Wildman–Crippen MR) is 153 cm³/mol. The smallest absolute Gasteiger partial charge is 0.343 e. The Morgan fingerprint density at radius 1 is 1.20 bits per heavy atom. The van der Waals surface area contributed by atoms with Gasteiger partial charge in [-0.2, -0.15) is 0 Å². The molecule has 2 fully saturated rings. The lowest BCUT2D eigenvalue weighted by Gasteiger charge is -2.72. The summed E-state index contributed by atoms with van der Waals surface area (Å²) in [6.07, 6.45) is 8.66. The molecular weight excluding hydrogens is 502 g/mol. The molecule has 1 unspecified atom stereocenters. The molecule has 2 spiro atoms. The van der Waals surface area contributed by atoms with Gasteiger partial charge in [0.1, 0.15) is 11.7 Å². The van der Waals surface area contributed by atoms with Gasteiger partial charge in [0.2, 0.25) is 0 Å². The Morgan fingerprint density at radius 3 is 2.70 bits per heavy atom. The highest BCUT2D eigenvalue weighted by Crippen LogP contribution is 2.75. The van der Waals surface area contributed by atoms with Crippen molar-refractivity contribution < 1.29 is 24.1 Å². The summed E-state index contributed by atoms with van der Waals surface area (Å²) in [6.45, 7) is 7.38. The van der Waals surface area contributed by atoms with Gasteiger partial charge >= 0.3 is 5.97 Å². The number of ether oxygens (including phenoxy) is 3. The molecule has 8 rings (SSSR count). The number of piperidine rings is 1. The molecule has 6 heteroatoms. The van der Waals surface area contributed by atoms with Crippen LogP contribution in [0.3, 0.4) is 0 Å². The Hall–Kier alpha value is -2.67. The van der Waals surface area contributed by atoms with Crippen molar-refractivity contribution >= 4 is 5.97 Å². The first-order chi connectivity index (χ1) is 19.1. The fourth-order valence-electron chi connectivity index (χ4n) is 9.32. The molecule has 0 amide bonds. The normalized spacial score (nSPS) is 36.2. The fraction of sp³-hybridized carbons (Fsp3) is 0.559. The van der Waals surface area contributed by atoms with Gasteiger partial charge in [-0.1, -0.05) is 50.3 Å². The average Bonchev–Trinajstić information content (AvgIpc) is 3.32. The molecule has 0 radical (unpaired) electrons. The highest BCUT2D eigenvalue weighted by Gasteiger charge is 2.80. The van der Waals surface area contributed by atoms with Crippen LogP contribution in [-0.2, 0) is 16.6 Å². The number of fused-ring (bicyclic) bond motifs is 1. The molecule has 7 atom stereocenters. The third kappa shape index (κ3) is 3.19. The van der Waals surface area contributed by atoms with Crippen LogP contribution in [0.4, 0.5) is 0 Å². The van der Waals surface area contributed by atoms with Crippen LogP contribution < -0.4 is 9.47 Å². The van der Waals surface area contributed by atoms with Crippen molar-refractivity contribution in [3.8, 4) is 11.5 Å². The first kappa shape index (κ1) is 26.2. The predicted octanol–water partition coefficient (Wildman–Crippen LogP) is 5.31. The summed E-state index contributed by atoms with van der Waals surface area (Å²) in [7, 11) is 4.01. The van der Waals surface area contributed by atoms with E-state index in [2.05, 4.69) is 44.0 Å². The minimum Gasteiger partial charge on any atom is -0.482 e. The number of aliphatic hydroxyl groups is 1. The molecule has 1 saturated carbocycles. The minimum absolute atomic E-state index is 0.132. The summed E-state index contributed by atoms with van der Waals surface area (Å²) < 4.78 is 19.7. The van der Waals surface area contributed by atoms with Crippen molar-refractivity contribution in [1.29, 1.82) is 0 Å². The lowest BCUT2D eigenvalue weighted by molar-refractivity contribution is -0.247. The maximum atomic E-state index is 13.2. The molecule has 1 N–H and O–H groups in total. The van der Waals surface area contributed by atoms with Crippen LogP contribution in [0.2, 0.25) is 0 Å². The van der Waals surface area contributed by atoms with Crippen LogP contribution in [0.5, 0.6) is 11.5 Å². The Bertz CT molecular complexity index is 1380. The molecule has 6 nitrogen and oxygen atoms in total. The number of methoxy groups -OCH3 is 1. The van der Waals surface area contributed by atoms with E-state index in [-0.39, 0.29) is 22.9 Å². The molecule has 2 aromatic carbocycles. The summed E-state index contributed by atoms with van der Waals surface area (Å²) in [5, 5.41) is 12.1. The highest BCUT2D eigenvalue weighted by molar-refractivity contribution is 5.91. The van der Waals surface area contributed by atoms with Crippen molar-refractivity contribution in [2.24, 2.45) is 17.3 Å². The molecule has 2 aromatic rings. The van der Waals surface area contributed by atoms with Crippen LogP contribution in [0, 0.1) is 17.3 Å². The third-order valence-electron chi connectivity index (χ3n) is 11.2. The average molecular weight is 544 g/mol. The molecular formula is C34H41NO5. The van der Waals surface area contributed by atoms with E-state index < -0.39 is 17.2 Å². The quantitative estimate of drug-likeness (QED) is 0.290.